The summed E-state index contributed by atoms with van der Waals surface area (Å²) in [5.41, 5.74) is -0.495. The highest BCUT2D eigenvalue weighted by atomic mass is 32.2. The Hall–Kier alpha value is -1.40. The molecule has 1 saturated carbocycles. The number of nitrogens with one attached hydrogen (secondary N) is 1. The third-order valence-corrected chi connectivity index (χ3v) is 3.42. The van der Waals surface area contributed by atoms with E-state index in [1.54, 1.807) is 24.3 Å². The zero-order valence-corrected chi connectivity index (χ0v) is 9.18. The molecule has 5 nitrogen and oxygen atoms in total. The van der Waals surface area contributed by atoms with E-state index in [9.17, 15) is 13.2 Å². The molecule has 6 heteroatoms. The Bertz CT molecular complexity index is 477. The quantitative estimate of drug-likeness (QED) is 0.653. The van der Waals surface area contributed by atoms with E-state index in [0.29, 0.717) is 6.42 Å². The van der Waals surface area contributed by atoms with Gasteiger partial charge in [0.25, 0.3) is 0 Å². The Labute approximate surface area is 94.2 Å². The van der Waals surface area contributed by atoms with Gasteiger partial charge in [-0.3, -0.25) is 4.79 Å². The van der Waals surface area contributed by atoms with E-state index in [1.165, 1.54) is 0 Å². The molecule has 0 heterocycles. The van der Waals surface area contributed by atoms with Crippen molar-refractivity contribution in [3.8, 4) is 0 Å². The van der Waals surface area contributed by atoms with Crippen LogP contribution in [0.15, 0.2) is 30.3 Å². The van der Waals surface area contributed by atoms with Crippen molar-refractivity contribution in [1.29, 1.82) is 0 Å². The second-order valence-electron chi connectivity index (χ2n) is 3.81. The molecule has 2 rings (SSSR count). The van der Waals surface area contributed by atoms with Crippen LogP contribution in [0.5, 0.6) is 0 Å². The molecule has 0 spiro atoms. The molecule has 2 N–H and O–H groups in total. The second kappa shape index (κ2) is 3.88. The van der Waals surface area contributed by atoms with Crippen molar-refractivity contribution in [3.05, 3.63) is 35.9 Å². The first-order valence-corrected chi connectivity index (χ1v) is 5.94. The van der Waals surface area contributed by atoms with Crippen LogP contribution in [0.1, 0.15) is 17.9 Å². The Morgan fingerprint density at radius 1 is 1.38 bits per heavy atom. The van der Waals surface area contributed by atoms with Crippen LogP contribution in [0, 0.1) is 0 Å². The lowest BCUT2D eigenvalue weighted by Crippen LogP contribution is -2.39. The summed E-state index contributed by atoms with van der Waals surface area (Å²) in [4.78, 5) is 11.1. The maximum atomic E-state index is 11.1. The number of carbonyl (C=O) groups is 1. The molecule has 1 aliphatic carbocycles. The molecular formula is C10H11NO4S. The number of thiol groups is 1. The van der Waals surface area contributed by atoms with Gasteiger partial charge < -0.3 is 5.11 Å². The monoisotopic (exact) mass is 241 g/mol. The summed E-state index contributed by atoms with van der Waals surface area (Å²) in [6.45, 7) is 0. The average Bonchev–Trinajstić information content (AvgIpc) is 2.94. The fraction of sp³-hybridized carbons (Fsp3) is 0.300. The molecule has 2 atom stereocenters. The van der Waals surface area contributed by atoms with Gasteiger partial charge in [-0.15, -0.1) is 0 Å². The number of carboxylic acid groups (broad SMARTS) is 1. The molecule has 0 saturated heterocycles. The van der Waals surface area contributed by atoms with Gasteiger partial charge in [-0.2, -0.15) is 4.72 Å². The molecule has 1 aromatic rings. The van der Waals surface area contributed by atoms with Crippen LogP contribution in [0.2, 0.25) is 0 Å². The average molecular weight is 241 g/mol. The number of aliphatic carboxylic acids is 1. The summed E-state index contributed by atoms with van der Waals surface area (Å²) in [6, 6.07) is 9.04. The fourth-order valence-corrected chi connectivity index (χ4v) is 2.59. The first-order chi connectivity index (χ1) is 7.56. The Morgan fingerprint density at radius 2 is 2.00 bits per heavy atom. The Balaban J connectivity index is 2.26. The van der Waals surface area contributed by atoms with E-state index in [4.69, 9.17) is 5.11 Å². The minimum absolute atomic E-state index is 0.279. The molecule has 86 valence electrons. The third kappa shape index (κ3) is 1.81. The Kier molecular flexibility index (Phi) is 2.69. The van der Waals surface area contributed by atoms with Gasteiger partial charge in [-0.25, -0.2) is 8.42 Å². The van der Waals surface area contributed by atoms with Crippen molar-refractivity contribution in [2.24, 2.45) is 0 Å². The van der Waals surface area contributed by atoms with Gasteiger partial charge in [-0.1, -0.05) is 30.3 Å². The largest absolute Gasteiger partial charge is 0.480 e. The standard InChI is InChI=1S/C10H11NO4S/c12-9(13)10(11-16(14)15)6-8(10)7-4-2-1-3-5-7/h1-5,8,16H,6H2,(H,12,13)(H,11,14,15). The topological polar surface area (TPSA) is 83.5 Å². The highest BCUT2D eigenvalue weighted by molar-refractivity contribution is 7.70. The van der Waals surface area contributed by atoms with Crippen LogP contribution in [0.3, 0.4) is 0 Å². The molecule has 0 radical (unpaired) electrons. The number of hydrogen-bond donors (Lipinski definition) is 3. The van der Waals surface area contributed by atoms with Crippen LogP contribution in [-0.4, -0.2) is 25.0 Å². The van der Waals surface area contributed by atoms with Crippen molar-refractivity contribution in [2.75, 3.05) is 0 Å². The molecule has 0 aromatic heterocycles. The van der Waals surface area contributed by atoms with Gasteiger partial charge >= 0.3 is 5.97 Å². The molecule has 1 fully saturated rings. The molecule has 0 amide bonds. The molecule has 0 aliphatic heterocycles. The van der Waals surface area contributed by atoms with Gasteiger partial charge in [0.1, 0.15) is 5.54 Å². The maximum absolute atomic E-state index is 11.1. The van der Waals surface area contributed by atoms with Gasteiger partial charge in [0.05, 0.1) is 0 Å². The minimum Gasteiger partial charge on any atom is -0.480 e. The second-order valence-corrected chi connectivity index (χ2v) is 4.55. The molecule has 2 unspecified atom stereocenters. The molecule has 1 aliphatic rings. The number of rotatable bonds is 4. The highest BCUT2D eigenvalue weighted by Gasteiger charge is 2.61. The van der Waals surface area contributed by atoms with E-state index in [-0.39, 0.29) is 5.92 Å². The first kappa shape index (κ1) is 11.1. The van der Waals surface area contributed by atoms with Crippen molar-refractivity contribution < 1.29 is 18.3 Å². The van der Waals surface area contributed by atoms with Crippen molar-refractivity contribution in [2.45, 2.75) is 17.9 Å². The number of benzene rings is 1. The zero-order chi connectivity index (χ0) is 11.8. The maximum Gasteiger partial charge on any atom is 0.325 e. The molecule has 16 heavy (non-hydrogen) atoms. The predicted octanol–water partition coefficient (Wildman–Crippen LogP) is 0.113. The van der Waals surface area contributed by atoms with Crippen LogP contribution in [0.25, 0.3) is 0 Å². The summed E-state index contributed by atoms with van der Waals surface area (Å²) in [5.74, 6) is -1.40. The molecule has 0 bridgehead atoms. The first-order valence-electron chi connectivity index (χ1n) is 4.77. The van der Waals surface area contributed by atoms with Gasteiger partial charge in [0.2, 0.25) is 10.9 Å². The van der Waals surface area contributed by atoms with E-state index in [2.05, 4.69) is 4.72 Å². The summed E-state index contributed by atoms with van der Waals surface area (Å²) >= 11 is 0. The normalized spacial score (nSPS) is 27.9. The SMILES string of the molecule is O=C(O)C1(N[SH](=O)=O)CC1c1ccccc1. The van der Waals surface area contributed by atoms with Crippen LogP contribution >= 0.6 is 0 Å². The predicted molar refractivity (Wildman–Crippen MR) is 57.6 cm³/mol. The van der Waals surface area contributed by atoms with Crippen molar-refractivity contribution >= 4 is 16.9 Å². The van der Waals surface area contributed by atoms with Crippen LogP contribution in [-0.2, 0) is 15.7 Å². The third-order valence-electron chi connectivity index (χ3n) is 2.84. The zero-order valence-electron chi connectivity index (χ0n) is 8.29. The van der Waals surface area contributed by atoms with E-state index < -0.39 is 22.4 Å². The summed E-state index contributed by atoms with van der Waals surface area (Å²) < 4.78 is 23.3. The van der Waals surface area contributed by atoms with Crippen LogP contribution in [0.4, 0.5) is 0 Å². The molecular weight excluding hydrogens is 230 g/mol. The minimum atomic E-state index is -2.91. The summed E-state index contributed by atoms with van der Waals surface area (Å²) in [6.07, 6.45) is 0.301. The van der Waals surface area contributed by atoms with E-state index >= 15 is 0 Å². The lowest BCUT2D eigenvalue weighted by molar-refractivity contribution is -0.140. The number of carboxylic acids is 1. The van der Waals surface area contributed by atoms with Crippen molar-refractivity contribution in [1.82, 2.24) is 4.72 Å². The highest BCUT2D eigenvalue weighted by Crippen LogP contribution is 2.51. The summed E-state index contributed by atoms with van der Waals surface area (Å²) in [5, 5.41) is 9.05. The lowest BCUT2D eigenvalue weighted by Gasteiger charge is -2.09. The van der Waals surface area contributed by atoms with E-state index in [1.807, 2.05) is 6.07 Å². The number of hydrogen-bond acceptors (Lipinski definition) is 3. The van der Waals surface area contributed by atoms with Gasteiger partial charge in [0, 0.05) is 5.92 Å². The molecule has 1 aromatic carbocycles. The smallest absolute Gasteiger partial charge is 0.325 e. The summed E-state index contributed by atoms with van der Waals surface area (Å²) in [7, 11) is -2.91. The fourth-order valence-electron chi connectivity index (χ4n) is 1.92. The Morgan fingerprint density at radius 3 is 2.50 bits per heavy atom. The van der Waals surface area contributed by atoms with Gasteiger partial charge in [0.15, 0.2) is 0 Å². The van der Waals surface area contributed by atoms with Gasteiger partial charge in [-0.05, 0) is 12.0 Å². The van der Waals surface area contributed by atoms with E-state index in [0.717, 1.165) is 5.56 Å². The lowest BCUT2D eigenvalue weighted by atomic mass is 10.1. The van der Waals surface area contributed by atoms with Crippen LogP contribution < -0.4 is 4.72 Å². The van der Waals surface area contributed by atoms with Crippen molar-refractivity contribution in [3.63, 3.8) is 0 Å².